The zero-order valence-corrected chi connectivity index (χ0v) is 7.20. The monoisotopic (exact) mass is 156 g/mol. The zero-order chi connectivity index (χ0) is 8.55. The fourth-order valence-corrected chi connectivity index (χ4v) is 1.21. The Morgan fingerprint density at radius 3 is 2.92 bits per heavy atom. The summed E-state index contributed by atoms with van der Waals surface area (Å²) in [6.07, 6.45) is 1.79. The van der Waals surface area contributed by atoms with Gasteiger partial charge in [-0.25, -0.2) is 4.98 Å². The van der Waals surface area contributed by atoms with Crippen LogP contribution < -0.4 is 5.46 Å². The van der Waals surface area contributed by atoms with Gasteiger partial charge in [-0.05, 0) is 19.1 Å². The van der Waals surface area contributed by atoms with Gasteiger partial charge >= 0.3 is 0 Å². The van der Waals surface area contributed by atoms with Crippen molar-refractivity contribution in [3.05, 3.63) is 30.1 Å². The van der Waals surface area contributed by atoms with Crippen molar-refractivity contribution in [3.63, 3.8) is 0 Å². The summed E-state index contributed by atoms with van der Waals surface area (Å²) in [5, 5.41) is 0. The first-order valence-corrected chi connectivity index (χ1v) is 3.96. The van der Waals surface area contributed by atoms with Gasteiger partial charge < -0.3 is 0 Å². The molecule has 2 nitrogen and oxygen atoms in total. The van der Waals surface area contributed by atoms with Gasteiger partial charge in [0, 0.05) is 6.20 Å². The van der Waals surface area contributed by atoms with Crippen LogP contribution in [0, 0.1) is 6.92 Å². The van der Waals surface area contributed by atoms with E-state index < -0.39 is 0 Å². The van der Waals surface area contributed by atoms with Crippen molar-refractivity contribution in [1.82, 2.24) is 9.97 Å². The highest BCUT2D eigenvalue weighted by Gasteiger charge is 1.95. The molecule has 0 saturated heterocycles. The second-order valence-corrected chi connectivity index (χ2v) is 3.00. The maximum Gasteiger partial charge on any atom is 0.139 e. The van der Waals surface area contributed by atoms with E-state index in [1.165, 1.54) is 5.46 Å². The quantitative estimate of drug-likeness (QED) is 0.509. The molecule has 0 unspecified atom stereocenters. The molecule has 3 heteroatoms. The maximum atomic E-state index is 4.37. The first-order chi connectivity index (χ1) is 5.75. The minimum absolute atomic E-state index is 0.964. The Balaban J connectivity index is 2.80. The lowest BCUT2D eigenvalue weighted by Gasteiger charge is -1.98. The van der Waals surface area contributed by atoms with E-state index in [9.17, 15) is 0 Å². The summed E-state index contributed by atoms with van der Waals surface area (Å²) in [6.45, 7) is 1.95. The summed E-state index contributed by atoms with van der Waals surface area (Å²) in [6, 6.07) is 6.10. The molecule has 0 aliphatic rings. The van der Waals surface area contributed by atoms with Crippen LogP contribution in [-0.4, -0.2) is 17.8 Å². The fourth-order valence-electron chi connectivity index (χ4n) is 1.21. The summed E-state index contributed by atoms with van der Waals surface area (Å²) in [7, 11) is 2.06. The molecule has 1 aromatic heterocycles. The van der Waals surface area contributed by atoms with E-state index >= 15 is 0 Å². The smallest absolute Gasteiger partial charge is 0.139 e. The highest BCUT2D eigenvalue weighted by molar-refractivity contribution is 6.33. The lowest BCUT2D eigenvalue weighted by atomic mass is 9.96. The van der Waals surface area contributed by atoms with Crippen molar-refractivity contribution in [2.75, 3.05) is 0 Å². The van der Waals surface area contributed by atoms with E-state index in [1.54, 1.807) is 6.20 Å². The average molecular weight is 156 g/mol. The molecule has 0 N–H and O–H groups in total. The largest absolute Gasteiger partial charge is 0.253 e. The number of hydrogen-bond acceptors (Lipinski definition) is 2. The second-order valence-electron chi connectivity index (χ2n) is 3.00. The zero-order valence-electron chi connectivity index (χ0n) is 7.20. The molecular weight excluding hydrogens is 147 g/mol. The van der Waals surface area contributed by atoms with Crippen molar-refractivity contribution >= 4 is 24.3 Å². The third kappa shape index (κ3) is 1.18. The molecule has 0 amide bonds. The summed E-state index contributed by atoms with van der Waals surface area (Å²) >= 11 is 0. The number of benzene rings is 1. The van der Waals surface area contributed by atoms with Crippen molar-refractivity contribution < 1.29 is 0 Å². The van der Waals surface area contributed by atoms with Crippen molar-refractivity contribution in [2.24, 2.45) is 0 Å². The van der Waals surface area contributed by atoms with Gasteiger partial charge in [-0.15, -0.1) is 0 Å². The Morgan fingerprint density at radius 1 is 1.25 bits per heavy atom. The molecule has 0 atom stereocenters. The third-order valence-electron chi connectivity index (χ3n) is 1.82. The number of hydrogen-bond donors (Lipinski definition) is 0. The topological polar surface area (TPSA) is 25.8 Å². The summed E-state index contributed by atoms with van der Waals surface area (Å²) in [5.41, 5.74) is 4.14. The number of aryl methyl sites for hydroxylation is 1. The number of rotatable bonds is 0. The van der Waals surface area contributed by atoms with E-state index in [1.807, 2.05) is 19.1 Å². The minimum Gasteiger partial charge on any atom is -0.253 e. The molecule has 2 aromatic rings. The molecular formula is C9H9BN2. The van der Waals surface area contributed by atoms with Crippen LogP contribution in [0.5, 0.6) is 0 Å². The van der Waals surface area contributed by atoms with Crippen LogP contribution in [-0.2, 0) is 0 Å². The summed E-state index contributed by atoms with van der Waals surface area (Å²) in [4.78, 5) is 8.63. The van der Waals surface area contributed by atoms with Crippen LogP contribution in [0.3, 0.4) is 0 Å². The van der Waals surface area contributed by atoms with Crippen molar-refractivity contribution in [1.29, 1.82) is 0 Å². The van der Waals surface area contributed by atoms with Crippen LogP contribution in [0.1, 0.15) is 5.69 Å². The highest BCUT2D eigenvalue weighted by Crippen LogP contribution is 2.05. The fraction of sp³-hybridized carbons (Fsp3) is 0.111. The van der Waals surface area contributed by atoms with Gasteiger partial charge in [-0.1, -0.05) is 11.5 Å². The van der Waals surface area contributed by atoms with Crippen LogP contribution in [0.15, 0.2) is 24.4 Å². The number of nitrogens with zero attached hydrogens (tertiary/aromatic N) is 2. The summed E-state index contributed by atoms with van der Waals surface area (Å²) in [5.74, 6) is 0. The van der Waals surface area contributed by atoms with Gasteiger partial charge in [0.25, 0.3) is 0 Å². The molecule has 0 radical (unpaired) electrons. The third-order valence-corrected chi connectivity index (χ3v) is 1.82. The Kier molecular flexibility index (Phi) is 1.57. The van der Waals surface area contributed by atoms with Crippen LogP contribution >= 0.6 is 0 Å². The van der Waals surface area contributed by atoms with Gasteiger partial charge in [0.15, 0.2) is 0 Å². The molecule has 0 fully saturated rings. The van der Waals surface area contributed by atoms with Gasteiger partial charge in [0.05, 0.1) is 16.7 Å². The number of fused-ring (bicyclic) bond motifs is 1. The summed E-state index contributed by atoms with van der Waals surface area (Å²) < 4.78 is 0. The molecule has 58 valence electrons. The number of aromatic nitrogens is 2. The van der Waals surface area contributed by atoms with Gasteiger partial charge in [-0.3, -0.25) is 4.98 Å². The molecule has 1 heterocycles. The van der Waals surface area contributed by atoms with E-state index in [0.29, 0.717) is 0 Å². The predicted octanol–water partition coefficient (Wildman–Crippen LogP) is 0.197. The van der Waals surface area contributed by atoms with Crippen LogP contribution in [0.4, 0.5) is 0 Å². The maximum absolute atomic E-state index is 4.37. The van der Waals surface area contributed by atoms with Crippen molar-refractivity contribution in [2.45, 2.75) is 6.92 Å². The Labute approximate surface area is 72.1 Å². The van der Waals surface area contributed by atoms with E-state index in [4.69, 9.17) is 0 Å². The molecule has 0 bridgehead atoms. The normalized spacial score (nSPS) is 10.4. The predicted molar refractivity (Wildman–Crippen MR) is 52.5 cm³/mol. The van der Waals surface area contributed by atoms with Gasteiger partial charge in [0.1, 0.15) is 7.85 Å². The van der Waals surface area contributed by atoms with E-state index in [-0.39, 0.29) is 0 Å². The molecule has 12 heavy (non-hydrogen) atoms. The van der Waals surface area contributed by atoms with Crippen molar-refractivity contribution in [3.8, 4) is 0 Å². The molecule has 2 rings (SSSR count). The molecule has 0 aliphatic heterocycles. The molecule has 0 spiro atoms. The molecule has 0 aliphatic carbocycles. The Hall–Kier alpha value is -1.38. The highest BCUT2D eigenvalue weighted by atomic mass is 14.8. The van der Waals surface area contributed by atoms with Gasteiger partial charge in [-0.2, -0.15) is 0 Å². The molecule has 1 aromatic carbocycles. The lowest BCUT2D eigenvalue weighted by molar-refractivity contribution is 1.19. The SMILES string of the molecule is Bc1ccc2ncc(C)nc2c1. The first kappa shape index (κ1) is 7.28. The average Bonchev–Trinajstić information content (AvgIpc) is 2.03. The Morgan fingerprint density at radius 2 is 2.08 bits per heavy atom. The second kappa shape index (κ2) is 2.59. The van der Waals surface area contributed by atoms with Crippen LogP contribution in [0.2, 0.25) is 0 Å². The lowest BCUT2D eigenvalue weighted by Crippen LogP contribution is -2.01. The van der Waals surface area contributed by atoms with Gasteiger partial charge in [0.2, 0.25) is 0 Å². The van der Waals surface area contributed by atoms with Crippen LogP contribution in [0.25, 0.3) is 11.0 Å². The molecule has 0 saturated carbocycles. The first-order valence-electron chi connectivity index (χ1n) is 3.96. The Bertz CT molecular complexity index is 389. The van der Waals surface area contributed by atoms with E-state index in [0.717, 1.165) is 16.7 Å². The standard InChI is InChI=1S/C9H9BN2/c1-6-5-11-8-3-2-7(10)4-9(8)12-6/h2-5H,10H2,1H3. The van der Waals surface area contributed by atoms with E-state index in [2.05, 4.69) is 23.9 Å². The minimum atomic E-state index is 0.964.